The smallest absolute Gasteiger partial charge is 0.330 e. The predicted molar refractivity (Wildman–Crippen MR) is 125 cm³/mol. The van der Waals surface area contributed by atoms with Crippen LogP contribution < -0.4 is 15.7 Å². The van der Waals surface area contributed by atoms with Gasteiger partial charge in [0.1, 0.15) is 12.3 Å². The lowest BCUT2D eigenvalue weighted by molar-refractivity contribution is -0.121. The molecule has 164 valence electrons. The third kappa shape index (κ3) is 4.49. The van der Waals surface area contributed by atoms with Crippen LogP contribution in [0.1, 0.15) is 5.56 Å². The van der Waals surface area contributed by atoms with Gasteiger partial charge in [0.25, 0.3) is 0 Å². The van der Waals surface area contributed by atoms with E-state index in [-0.39, 0.29) is 18.1 Å². The van der Waals surface area contributed by atoms with Crippen molar-refractivity contribution >= 4 is 40.3 Å². The van der Waals surface area contributed by atoms with Crippen molar-refractivity contribution in [3.05, 3.63) is 80.8 Å². The van der Waals surface area contributed by atoms with Crippen molar-refractivity contribution in [2.75, 3.05) is 7.11 Å². The number of nitrogens with zero attached hydrogens (tertiary/aromatic N) is 3. The fraction of sp³-hybridized carbons (Fsp3) is 0.174. The molecule has 0 aliphatic carbocycles. The molecular weight excluding hydrogens is 451 g/mol. The van der Waals surface area contributed by atoms with Crippen molar-refractivity contribution in [2.24, 2.45) is 7.05 Å². The molecule has 9 heteroatoms. The summed E-state index contributed by atoms with van der Waals surface area (Å²) in [6.07, 6.45) is 1.63. The first-order valence-corrected chi connectivity index (χ1v) is 10.5. The topological polar surface area (TPSA) is 78.1 Å². The highest BCUT2D eigenvalue weighted by Gasteiger charge is 2.16. The molecule has 32 heavy (non-hydrogen) atoms. The first-order chi connectivity index (χ1) is 15.4. The third-order valence-corrected chi connectivity index (χ3v) is 5.56. The summed E-state index contributed by atoms with van der Waals surface area (Å²) in [6.45, 7) is 0.205. The van der Waals surface area contributed by atoms with Crippen LogP contribution in [0.15, 0.2) is 59.5 Å². The maximum atomic E-state index is 12.8. The monoisotopic (exact) mass is 470 g/mol. The number of methoxy groups -OCH3 is 1. The van der Waals surface area contributed by atoms with Gasteiger partial charge in [-0.2, -0.15) is 0 Å². The maximum absolute atomic E-state index is 12.8. The molecule has 0 fully saturated rings. The Morgan fingerprint density at radius 1 is 1.06 bits per heavy atom. The number of rotatable bonds is 6. The second-order valence-corrected chi connectivity index (χ2v) is 8.15. The number of pyridine rings is 1. The van der Waals surface area contributed by atoms with Crippen LogP contribution in [0.3, 0.4) is 0 Å². The molecule has 0 bridgehead atoms. The van der Waals surface area contributed by atoms with Gasteiger partial charge in [-0.25, -0.2) is 9.78 Å². The third-order valence-electron chi connectivity index (χ3n) is 5.13. The number of fused-ring (bicyclic) bond motifs is 1. The summed E-state index contributed by atoms with van der Waals surface area (Å²) in [5.41, 5.74) is 3.18. The number of aromatic nitrogens is 3. The van der Waals surface area contributed by atoms with Crippen LogP contribution in [-0.4, -0.2) is 27.1 Å². The predicted octanol–water partition coefficient (Wildman–Crippen LogP) is 4.03. The Balaban J connectivity index is 1.56. The normalized spacial score (nSPS) is 11.0. The van der Waals surface area contributed by atoms with Crippen molar-refractivity contribution in [3.63, 3.8) is 0 Å². The summed E-state index contributed by atoms with van der Waals surface area (Å²) < 4.78 is 7.95. The molecule has 0 unspecified atom stereocenters. The Labute approximate surface area is 194 Å². The molecule has 1 amide bonds. The van der Waals surface area contributed by atoms with E-state index < -0.39 is 0 Å². The Morgan fingerprint density at radius 2 is 1.75 bits per heavy atom. The Bertz CT molecular complexity index is 1340. The van der Waals surface area contributed by atoms with Gasteiger partial charge in [0.2, 0.25) is 5.91 Å². The highest BCUT2D eigenvalue weighted by molar-refractivity contribution is 6.35. The number of aryl methyl sites for hydroxylation is 1. The largest absolute Gasteiger partial charge is 0.497 e. The van der Waals surface area contributed by atoms with Gasteiger partial charge in [0, 0.05) is 35.4 Å². The number of ether oxygens (including phenoxy) is 1. The minimum atomic E-state index is -0.326. The van der Waals surface area contributed by atoms with E-state index in [1.54, 1.807) is 38.6 Å². The first kappa shape index (κ1) is 21.9. The van der Waals surface area contributed by atoms with Crippen molar-refractivity contribution in [1.82, 2.24) is 19.4 Å². The number of hydrogen-bond acceptors (Lipinski definition) is 4. The van der Waals surface area contributed by atoms with Gasteiger partial charge < -0.3 is 10.1 Å². The first-order valence-electron chi connectivity index (χ1n) is 9.77. The second kappa shape index (κ2) is 9.06. The van der Waals surface area contributed by atoms with Crippen molar-refractivity contribution in [3.8, 4) is 16.9 Å². The number of hydrogen-bond donors (Lipinski definition) is 1. The molecule has 0 saturated carbocycles. The number of carbonyl (C=O) groups excluding carboxylic acids is 1. The lowest BCUT2D eigenvalue weighted by Crippen LogP contribution is -2.32. The van der Waals surface area contributed by atoms with Gasteiger partial charge in [-0.3, -0.25) is 13.9 Å². The molecule has 7 nitrogen and oxygen atoms in total. The quantitative estimate of drug-likeness (QED) is 0.461. The minimum absolute atomic E-state index is 0.137. The van der Waals surface area contributed by atoms with Crippen LogP contribution in [0, 0.1) is 0 Å². The summed E-state index contributed by atoms with van der Waals surface area (Å²) in [5, 5.41) is 3.84. The summed E-state index contributed by atoms with van der Waals surface area (Å²) in [4.78, 5) is 29.7. The maximum Gasteiger partial charge on any atom is 0.330 e. The number of halogens is 2. The molecule has 0 spiro atoms. The van der Waals surface area contributed by atoms with E-state index in [9.17, 15) is 9.59 Å². The molecule has 0 aliphatic rings. The molecule has 4 rings (SSSR count). The zero-order chi connectivity index (χ0) is 22.8. The molecule has 4 aromatic rings. The number of nitrogens with one attached hydrogen (secondary N) is 1. The van der Waals surface area contributed by atoms with E-state index in [1.807, 2.05) is 30.3 Å². The number of carbonyl (C=O) groups is 1. The van der Waals surface area contributed by atoms with E-state index in [2.05, 4.69) is 10.3 Å². The zero-order valence-corrected chi connectivity index (χ0v) is 18.9. The zero-order valence-electron chi connectivity index (χ0n) is 17.4. The Hall–Kier alpha value is -3.29. The summed E-state index contributed by atoms with van der Waals surface area (Å²) in [6, 6.07) is 14.4. The SMILES string of the molecule is COc1ccc(CNC(=O)Cn2c(=O)n(C)c3cc(-c4cc(Cl)cc(Cl)c4)cnc32)cc1. The summed E-state index contributed by atoms with van der Waals surface area (Å²) in [7, 11) is 3.24. The Morgan fingerprint density at radius 3 is 2.41 bits per heavy atom. The molecule has 0 radical (unpaired) electrons. The second-order valence-electron chi connectivity index (χ2n) is 7.28. The summed E-state index contributed by atoms with van der Waals surface area (Å²) in [5.74, 6) is 0.454. The van der Waals surface area contributed by atoms with E-state index in [0.29, 0.717) is 27.8 Å². The van der Waals surface area contributed by atoms with Gasteiger partial charge in [0.05, 0.1) is 12.6 Å². The number of benzene rings is 2. The van der Waals surface area contributed by atoms with Crippen LogP contribution in [-0.2, 0) is 24.9 Å². The van der Waals surface area contributed by atoms with Crippen LogP contribution >= 0.6 is 23.2 Å². The van der Waals surface area contributed by atoms with Gasteiger partial charge in [-0.1, -0.05) is 35.3 Å². The molecule has 1 N–H and O–H groups in total. The molecule has 2 heterocycles. The molecule has 0 saturated heterocycles. The van der Waals surface area contributed by atoms with E-state index in [0.717, 1.165) is 22.4 Å². The fourth-order valence-corrected chi connectivity index (χ4v) is 3.97. The van der Waals surface area contributed by atoms with Gasteiger partial charge in [0.15, 0.2) is 5.65 Å². The van der Waals surface area contributed by atoms with Gasteiger partial charge in [-0.05, 0) is 47.5 Å². The van der Waals surface area contributed by atoms with Crippen LogP contribution in [0.5, 0.6) is 5.75 Å². The minimum Gasteiger partial charge on any atom is -0.497 e. The summed E-state index contributed by atoms with van der Waals surface area (Å²) >= 11 is 12.2. The molecule has 0 aliphatic heterocycles. The van der Waals surface area contributed by atoms with E-state index in [1.165, 1.54) is 9.13 Å². The highest BCUT2D eigenvalue weighted by Crippen LogP contribution is 2.28. The van der Waals surface area contributed by atoms with Crippen LogP contribution in [0.25, 0.3) is 22.3 Å². The number of amides is 1. The fourth-order valence-electron chi connectivity index (χ4n) is 3.44. The average Bonchev–Trinajstić information content (AvgIpc) is 3.01. The standard InChI is InChI=1S/C23H20Cl2N4O3/c1-28-20-9-16(15-7-17(24)10-18(25)8-15)12-27-22(20)29(23(28)31)13-21(30)26-11-14-3-5-19(32-2)6-4-14/h3-10,12H,11,13H2,1-2H3,(H,26,30). The lowest BCUT2D eigenvalue weighted by atomic mass is 10.1. The Kier molecular flexibility index (Phi) is 6.21. The highest BCUT2D eigenvalue weighted by atomic mass is 35.5. The molecule has 2 aromatic heterocycles. The van der Waals surface area contributed by atoms with E-state index in [4.69, 9.17) is 27.9 Å². The van der Waals surface area contributed by atoms with E-state index >= 15 is 0 Å². The molecular formula is C23H20Cl2N4O3. The van der Waals surface area contributed by atoms with Crippen molar-refractivity contribution in [1.29, 1.82) is 0 Å². The van der Waals surface area contributed by atoms with Crippen molar-refractivity contribution in [2.45, 2.75) is 13.1 Å². The van der Waals surface area contributed by atoms with Crippen LogP contribution in [0.2, 0.25) is 10.0 Å². The van der Waals surface area contributed by atoms with Gasteiger partial charge in [-0.15, -0.1) is 0 Å². The van der Waals surface area contributed by atoms with Crippen LogP contribution in [0.4, 0.5) is 0 Å². The molecule has 2 aromatic carbocycles. The number of imidazole rings is 1. The lowest BCUT2D eigenvalue weighted by Gasteiger charge is -2.07. The van der Waals surface area contributed by atoms with Crippen molar-refractivity contribution < 1.29 is 9.53 Å². The molecule has 0 atom stereocenters. The van der Waals surface area contributed by atoms with Gasteiger partial charge >= 0.3 is 5.69 Å². The average molecular weight is 471 g/mol.